The van der Waals surface area contributed by atoms with Crippen molar-refractivity contribution >= 4 is 0 Å². The fourth-order valence-electron chi connectivity index (χ4n) is 1.37. The summed E-state index contributed by atoms with van der Waals surface area (Å²) in [5.41, 5.74) is 1.72. The summed E-state index contributed by atoms with van der Waals surface area (Å²) >= 11 is 0. The summed E-state index contributed by atoms with van der Waals surface area (Å²) in [5.74, 6) is -0.194. The average Bonchev–Trinajstić information content (AvgIpc) is 2.26. The fourth-order valence-corrected chi connectivity index (χ4v) is 1.37. The van der Waals surface area contributed by atoms with Gasteiger partial charge in [0.2, 0.25) is 0 Å². The van der Waals surface area contributed by atoms with Crippen LogP contribution in [0.25, 0.3) is 0 Å². The van der Waals surface area contributed by atoms with Gasteiger partial charge in [0.05, 0.1) is 12.7 Å². The minimum atomic E-state index is -0.194. The van der Waals surface area contributed by atoms with Crippen molar-refractivity contribution in [2.75, 3.05) is 6.54 Å². The Labute approximate surface area is 96.8 Å². The first-order valence-corrected chi connectivity index (χ1v) is 5.73. The largest absolute Gasteiger partial charge is 0.374 e. The van der Waals surface area contributed by atoms with E-state index in [2.05, 4.69) is 5.32 Å². The molecule has 90 valence electrons. The maximum Gasteiger partial charge on any atom is 0.128 e. The van der Waals surface area contributed by atoms with Crippen LogP contribution in [0.4, 0.5) is 4.39 Å². The van der Waals surface area contributed by atoms with Crippen molar-refractivity contribution in [1.29, 1.82) is 0 Å². The van der Waals surface area contributed by atoms with E-state index in [0.717, 1.165) is 18.7 Å². The van der Waals surface area contributed by atoms with Crippen molar-refractivity contribution in [3.05, 3.63) is 35.1 Å². The molecular weight excluding hydrogens is 205 g/mol. The minimum absolute atomic E-state index is 0.122. The van der Waals surface area contributed by atoms with Crippen molar-refractivity contribution in [3.63, 3.8) is 0 Å². The van der Waals surface area contributed by atoms with Crippen LogP contribution in [0, 0.1) is 5.82 Å². The molecule has 2 nitrogen and oxygen atoms in total. The molecule has 0 heterocycles. The zero-order valence-corrected chi connectivity index (χ0v) is 10.2. The number of rotatable bonds is 6. The summed E-state index contributed by atoms with van der Waals surface area (Å²) < 4.78 is 18.8. The number of benzene rings is 1. The van der Waals surface area contributed by atoms with Crippen LogP contribution in [0.2, 0.25) is 0 Å². The van der Waals surface area contributed by atoms with E-state index < -0.39 is 0 Å². The Kier molecular flexibility index (Phi) is 5.43. The van der Waals surface area contributed by atoms with Gasteiger partial charge in [-0.25, -0.2) is 4.39 Å². The molecule has 0 aliphatic heterocycles. The number of hydrogen-bond acceptors (Lipinski definition) is 2. The standard InChI is InChI=1S/C13H20FNO/c1-4-15-8-11-5-6-13(14)12(7-11)9-16-10(2)3/h5-7,10,15H,4,8-9H2,1-3H3. The van der Waals surface area contributed by atoms with Gasteiger partial charge in [0.1, 0.15) is 5.82 Å². The predicted octanol–water partition coefficient (Wildman–Crippen LogP) is 2.86. The highest BCUT2D eigenvalue weighted by Gasteiger charge is 2.04. The van der Waals surface area contributed by atoms with Crippen LogP contribution in [-0.4, -0.2) is 12.6 Å². The van der Waals surface area contributed by atoms with Gasteiger partial charge in [-0.05, 0) is 38.1 Å². The van der Waals surface area contributed by atoms with E-state index in [1.165, 1.54) is 6.07 Å². The Morgan fingerprint density at radius 3 is 2.75 bits per heavy atom. The van der Waals surface area contributed by atoms with Crippen LogP contribution in [0.15, 0.2) is 18.2 Å². The second kappa shape index (κ2) is 6.61. The molecule has 0 spiro atoms. The molecule has 1 N–H and O–H groups in total. The third-order valence-electron chi connectivity index (χ3n) is 2.26. The molecule has 0 radical (unpaired) electrons. The highest BCUT2D eigenvalue weighted by Crippen LogP contribution is 2.12. The molecular formula is C13H20FNO. The molecule has 0 amide bonds. The number of ether oxygens (including phenoxy) is 1. The SMILES string of the molecule is CCNCc1ccc(F)c(COC(C)C)c1. The average molecular weight is 225 g/mol. The Hall–Kier alpha value is -0.930. The highest BCUT2D eigenvalue weighted by molar-refractivity contribution is 5.24. The van der Waals surface area contributed by atoms with Gasteiger partial charge in [-0.3, -0.25) is 0 Å². The number of hydrogen-bond donors (Lipinski definition) is 1. The normalized spacial score (nSPS) is 11.1. The lowest BCUT2D eigenvalue weighted by Crippen LogP contribution is -2.12. The van der Waals surface area contributed by atoms with Crippen molar-refractivity contribution < 1.29 is 9.13 Å². The monoisotopic (exact) mass is 225 g/mol. The second-order valence-electron chi connectivity index (χ2n) is 4.07. The second-order valence-corrected chi connectivity index (χ2v) is 4.07. The van der Waals surface area contributed by atoms with Gasteiger partial charge in [0.15, 0.2) is 0 Å². The van der Waals surface area contributed by atoms with E-state index in [4.69, 9.17) is 4.74 Å². The van der Waals surface area contributed by atoms with Gasteiger partial charge in [-0.1, -0.05) is 13.0 Å². The zero-order chi connectivity index (χ0) is 12.0. The molecule has 0 fully saturated rings. The zero-order valence-electron chi connectivity index (χ0n) is 10.2. The summed E-state index contributed by atoms with van der Waals surface area (Å²) in [4.78, 5) is 0. The quantitative estimate of drug-likeness (QED) is 0.803. The topological polar surface area (TPSA) is 21.3 Å². The van der Waals surface area contributed by atoms with Crippen molar-refractivity contribution in [2.24, 2.45) is 0 Å². The van der Waals surface area contributed by atoms with Crippen LogP contribution in [0.1, 0.15) is 31.9 Å². The van der Waals surface area contributed by atoms with Crippen LogP contribution >= 0.6 is 0 Å². The van der Waals surface area contributed by atoms with E-state index in [-0.39, 0.29) is 11.9 Å². The van der Waals surface area contributed by atoms with Crippen molar-refractivity contribution in [2.45, 2.75) is 40.0 Å². The summed E-state index contributed by atoms with van der Waals surface area (Å²) in [6.07, 6.45) is 0.122. The Bertz CT molecular complexity index is 326. The Balaban J connectivity index is 2.66. The van der Waals surface area contributed by atoms with E-state index >= 15 is 0 Å². The maximum absolute atomic E-state index is 13.4. The first-order valence-electron chi connectivity index (χ1n) is 5.73. The van der Waals surface area contributed by atoms with Gasteiger partial charge in [0, 0.05) is 12.1 Å². The molecule has 1 aromatic carbocycles. The smallest absolute Gasteiger partial charge is 0.128 e. The molecule has 0 bridgehead atoms. The summed E-state index contributed by atoms with van der Waals surface area (Å²) in [5, 5.41) is 3.21. The highest BCUT2D eigenvalue weighted by atomic mass is 19.1. The van der Waals surface area contributed by atoms with E-state index in [0.29, 0.717) is 12.2 Å². The third kappa shape index (κ3) is 4.29. The third-order valence-corrected chi connectivity index (χ3v) is 2.26. The molecule has 1 rings (SSSR count). The summed E-state index contributed by atoms with van der Waals surface area (Å²) in [6.45, 7) is 7.96. The lowest BCUT2D eigenvalue weighted by molar-refractivity contribution is 0.0639. The molecule has 0 aliphatic carbocycles. The van der Waals surface area contributed by atoms with Gasteiger partial charge in [-0.2, -0.15) is 0 Å². The van der Waals surface area contributed by atoms with Gasteiger partial charge in [0.25, 0.3) is 0 Å². The minimum Gasteiger partial charge on any atom is -0.374 e. The molecule has 0 unspecified atom stereocenters. The number of nitrogens with one attached hydrogen (secondary N) is 1. The molecule has 1 aromatic rings. The lowest BCUT2D eigenvalue weighted by atomic mass is 10.1. The van der Waals surface area contributed by atoms with Crippen LogP contribution in [0.3, 0.4) is 0 Å². The van der Waals surface area contributed by atoms with Gasteiger partial charge < -0.3 is 10.1 Å². The predicted molar refractivity (Wildman–Crippen MR) is 63.7 cm³/mol. The Morgan fingerprint density at radius 2 is 2.12 bits per heavy atom. The molecule has 3 heteroatoms. The molecule has 0 aromatic heterocycles. The molecule has 0 aliphatic rings. The maximum atomic E-state index is 13.4. The van der Waals surface area contributed by atoms with Crippen LogP contribution < -0.4 is 5.32 Å². The van der Waals surface area contributed by atoms with Gasteiger partial charge >= 0.3 is 0 Å². The molecule has 0 atom stereocenters. The molecule has 0 saturated heterocycles. The first-order chi connectivity index (χ1) is 7.63. The summed E-state index contributed by atoms with van der Waals surface area (Å²) in [7, 11) is 0. The molecule has 16 heavy (non-hydrogen) atoms. The lowest BCUT2D eigenvalue weighted by Gasteiger charge is -2.10. The van der Waals surface area contributed by atoms with Crippen molar-refractivity contribution in [3.8, 4) is 0 Å². The number of halogens is 1. The van der Waals surface area contributed by atoms with E-state index in [1.54, 1.807) is 6.07 Å². The molecule has 0 saturated carbocycles. The van der Waals surface area contributed by atoms with E-state index in [1.807, 2.05) is 26.8 Å². The summed E-state index contributed by atoms with van der Waals surface area (Å²) in [6, 6.07) is 5.17. The first kappa shape index (κ1) is 13.1. The van der Waals surface area contributed by atoms with Gasteiger partial charge in [-0.15, -0.1) is 0 Å². The van der Waals surface area contributed by atoms with Crippen LogP contribution in [-0.2, 0) is 17.9 Å². The Morgan fingerprint density at radius 1 is 1.38 bits per heavy atom. The van der Waals surface area contributed by atoms with Crippen LogP contribution in [0.5, 0.6) is 0 Å². The van der Waals surface area contributed by atoms with Crippen molar-refractivity contribution in [1.82, 2.24) is 5.32 Å². The van der Waals surface area contributed by atoms with E-state index in [9.17, 15) is 4.39 Å². The fraction of sp³-hybridized carbons (Fsp3) is 0.538.